The molecule has 0 aliphatic heterocycles. The Morgan fingerprint density at radius 1 is 1.21 bits per heavy atom. The number of aromatic nitrogens is 3. The predicted octanol–water partition coefficient (Wildman–Crippen LogP) is 4.77. The van der Waals surface area contributed by atoms with Crippen LogP contribution in [-0.2, 0) is 24.3 Å². The van der Waals surface area contributed by atoms with Gasteiger partial charge in [-0.05, 0) is 48.6 Å². The number of rotatable bonds is 9. The van der Waals surface area contributed by atoms with Crippen molar-refractivity contribution in [2.45, 2.75) is 52.6 Å². The van der Waals surface area contributed by atoms with Crippen LogP contribution in [0.25, 0.3) is 11.2 Å². The number of halogens is 1. The van der Waals surface area contributed by atoms with Crippen molar-refractivity contribution in [1.82, 2.24) is 19.9 Å². The third kappa shape index (κ3) is 5.55. The molecule has 0 spiro atoms. The number of imidazole rings is 1. The molecule has 0 saturated carbocycles. The van der Waals surface area contributed by atoms with Gasteiger partial charge in [-0.1, -0.05) is 37.6 Å². The Kier molecular flexibility index (Phi) is 7.04. The second-order valence-electron chi connectivity index (χ2n) is 7.47. The number of fused-ring (bicyclic) bond motifs is 1. The van der Waals surface area contributed by atoms with Crippen molar-refractivity contribution >= 4 is 28.7 Å². The molecule has 1 amide bonds. The molecule has 0 aliphatic rings. The van der Waals surface area contributed by atoms with Crippen molar-refractivity contribution in [2.75, 3.05) is 0 Å². The Morgan fingerprint density at radius 2 is 2.00 bits per heavy atom. The van der Waals surface area contributed by atoms with Crippen LogP contribution in [0.2, 0.25) is 5.02 Å². The zero-order valence-corrected chi connectivity index (χ0v) is 17.2. The molecule has 0 radical (unpaired) electrons. The van der Waals surface area contributed by atoms with Crippen molar-refractivity contribution in [3.05, 3.63) is 59.0 Å². The summed E-state index contributed by atoms with van der Waals surface area (Å²) in [5, 5.41) is 3.66. The SMILES string of the molecule is CC(C)CCn1c(CCCC(=O)NCc2ccc(Cl)cc2)nc2cccnc21. The summed E-state index contributed by atoms with van der Waals surface area (Å²) >= 11 is 5.88. The zero-order chi connectivity index (χ0) is 19.9. The van der Waals surface area contributed by atoms with Gasteiger partial charge >= 0.3 is 0 Å². The molecule has 28 heavy (non-hydrogen) atoms. The Labute approximate surface area is 171 Å². The van der Waals surface area contributed by atoms with Gasteiger partial charge < -0.3 is 9.88 Å². The molecule has 1 N–H and O–H groups in total. The average molecular weight is 399 g/mol. The minimum atomic E-state index is 0.0536. The highest BCUT2D eigenvalue weighted by Crippen LogP contribution is 2.17. The number of nitrogens with zero attached hydrogens (tertiary/aromatic N) is 3. The van der Waals surface area contributed by atoms with Crippen molar-refractivity contribution < 1.29 is 4.79 Å². The first-order valence-corrected chi connectivity index (χ1v) is 10.2. The fourth-order valence-electron chi connectivity index (χ4n) is 3.12. The molecule has 148 valence electrons. The number of nitrogens with one attached hydrogen (secondary N) is 1. The van der Waals surface area contributed by atoms with E-state index in [1.165, 1.54) is 0 Å². The van der Waals surface area contributed by atoms with Crippen molar-refractivity contribution in [3.63, 3.8) is 0 Å². The molecular weight excluding hydrogens is 372 g/mol. The number of aryl methyl sites for hydroxylation is 2. The van der Waals surface area contributed by atoms with Crippen LogP contribution < -0.4 is 5.32 Å². The predicted molar refractivity (Wildman–Crippen MR) is 113 cm³/mol. The first kappa shape index (κ1) is 20.3. The highest BCUT2D eigenvalue weighted by Gasteiger charge is 2.12. The van der Waals surface area contributed by atoms with Crippen LogP contribution in [0, 0.1) is 5.92 Å². The molecule has 3 aromatic rings. The molecule has 5 nitrogen and oxygen atoms in total. The fourth-order valence-corrected chi connectivity index (χ4v) is 3.24. The number of pyridine rings is 1. The van der Waals surface area contributed by atoms with Gasteiger partial charge in [-0.3, -0.25) is 4.79 Å². The van der Waals surface area contributed by atoms with Crippen molar-refractivity contribution in [1.29, 1.82) is 0 Å². The lowest BCUT2D eigenvalue weighted by molar-refractivity contribution is -0.121. The van der Waals surface area contributed by atoms with Crippen LogP contribution in [-0.4, -0.2) is 20.4 Å². The minimum absolute atomic E-state index is 0.0536. The summed E-state index contributed by atoms with van der Waals surface area (Å²) < 4.78 is 2.21. The maximum Gasteiger partial charge on any atom is 0.220 e. The maximum atomic E-state index is 12.2. The number of hydrogen-bond donors (Lipinski definition) is 1. The van der Waals surface area contributed by atoms with Crippen molar-refractivity contribution in [2.24, 2.45) is 5.92 Å². The van der Waals surface area contributed by atoms with Gasteiger partial charge in [0.05, 0.1) is 0 Å². The van der Waals surface area contributed by atoms with Crippen LogP contribution in [0.5, 0.6) is 0 Å². The van der Waals surface area contributed by atoms with Gasteiger partial charge in [-0.15, -0.1) is 0 Å². The molecule has 0 fully saturated rings. The van der Waals surface area contributed by atoms with Gasteiger partial charge in [0.2, 0.25) is 5.91 Å². The first-order valence-electron chi connectivity index (χ1n) is 9.84. The van der Waals surface area contributed by atoms with E-state index in [-0.39, 0.29) is 5.91 Å². The monoisotopic (exact) mass is 398 g/mol. The summed E-state index contributed by atoms with van der Waals surface area (Å²) in [5.74, 6) is 1.69. The molecule has 0 atom stereocenters. The summed E-state index contributed by atoms with van der Waals surface area (Å²) in [5.41, 5.74) is 2.90. The molecule has 2 heterocycles. The molecular formula is C22H27ClN4O. The Hall–Kier alpha value is -2.40. The highest BCUT2D eigenvalue weighted by molar-refractivity contribution is 6.30. The van der Waals surface area contributed by atoms with E-state index in [0.29, 0.717) is 23.9 Å². The van der Waals surface area contributed by atoms with Gasteiger partial charge in [0.15, 0.2) is 5.65 Å². The van der Waals surface area contributed by atoms with Crippen molar-refractivity contribution in [3.8, 4) is 0 Å². The largest absolute Gasteiger partial charge is 0.352 e. The topological polar surface area (TPSA) is 59.8 Å². The lowest BCUT2D eigenvalue weighted by Gasteiger charge is -2.10. The molecule has 0 unspecified atom stereocenters. The van der Waals surface area contributed by atoms with Gasteiger partial charge in [0.25, 0.3) is 0 Å². The third-order valence-electron chi connectivity index (χ3n) is 4.72. The van der Waals surface area contributed by atoms with Crippen LogP contribution in [0.3, 0.4) is 0 Å². The molecule has 0 saturated heterocycles. The third-order valence-corrected chi connectivity index (χ3v) is 4.97. The molecule has 0 aliphatic carbocycles. The first-order chi connectivity index (χ1) is 13.5. The molecule has 2 aromatic heterocycles. The number of carbonyl (C=O) groups is 1. The van der Waals surface area contributed by atoms with E-state index in [0.717, 1.165) is 48.4 Å². The fraction of sp³-hybridized carbons (Fsp3) is 0.409. The van der Waals surface area contributed by atoms with E-state index >= 15 is 0 Å². The summed E-state index contributed by atoms with van der Waals surface area (Å²) in [4.78, 5) is 21.4. The molecule has 6 heteroatoms. The number of hydrogen-bond acceptors (Lipinski definition) is 3. The Bertz CT molecular complexity index is 918. The van der Waals surface area contributed by atoms with Gasteiger partial charge in [0, 0.05) is 37.2 Å². The van der Waals surface area contributed by atoms with Crippen LogP contribution in [0.15, 0.2) is 42.6 Å². The normalized spacial score (nSPS) is 11.3. The van der Waals surface area contributed by atoms with Gasteiger partial charge in [0.1, 0.15) is 11.3 Å². The van der Waals surface area contributed by atoms with Gasteiger partial charge in [-0.2, -0.15) is 0 Å². The van der Waals surface area contributed by atoms with E-state index in [1.807, 2.05) is 42.6 Å². The molecule has 3 rings (SSSR count). The van der Waals surface area contributed by atoms with Crippen LogP contribution in [0.1, 0.15) is 44.5 Å². The second kappa shape index (κ2) is 9.69. The summed E-state index contributed by atoms with van der Waals surface area (Å²) in [7, 11) is 0. The van der Waals surface area contributed by atoms with E-state index < -0.39 is 0 Å². The van der Waals surface area contributed by atoms with E-state index in [2.05, 4.69) is 28.7 Å². The van der Waals surface area contributed by atoms with E-state index in [1.54, 1.807) is 0 Å². The lowest BCUT2D eigenvalue weighted by atomic mass is 10.1. The number of carbonyl (C=O) groups excluding carboxylic acids is 1. The minimum Gasteiger partial charge on any atom is -0.352 e. The number of amides is 1. The second-order valence-corrected chi connectivity index (χ2v) is 7.90. The quantitative estimate of drug-likeness (QED) is 0.564. The Morgan fingerprint density at radius 3 is 2.75 bits per heavy atom. The molecule has 1 aromatic carbocycles. The number of benzene rings is 1. The highest BCUT2D eigenvalue weighted by atomic mass is 35.5. The smallest absolute Gasteiger partial charge is 0.220 e. The maximum absolute atomic E-state index is 12.2. The van der Waals surface area contributed by atoms with E-state index in [9.17, 15) is 4.79 Å². The van der Waals surface area contributed by atoms with E-state index in [4.69, 9.17) is 16.6 Å². The van der Waals surface area contributed by atoms with Gasteiger partial charge in [-0.25, -0.2) is 9.97 Å². The summed E-state index contributed by atoms with van der Waals surface area (Å²) in [6.45, 7) is 5.87. The zero-order valence-electron chi connectivity index (χ0n) is 16.5. The van der Waals surface area contributed by atoms with Crippen LogP contribution >= 0.6 is 11.6 Å². The lowest BCUT2D eigenvalue weighted by Crippen LogP contribution is -2.22. The standard InChI is InChI=1S/C22H27ClN4O/c1-16(2)12-14-27-20(26-19-5-4-13-24-22(19)27)6-3-7-21(28)25-15-17-8-10-18(23)11-9-17/h4-5,8-11,13,16H,3,6-7,12,14-15H2,1-2H3,(H,25,28). The Balaban J connectivity index is 1.54. The summed E-state index contributed by atoms with van der Waals surface area (Å²) in [6, 6.07) is 11.4. The average Bonchev–Trinajstić information content (AvgIpc) is 3.03. The summed E-state index contributed by atoms with van der Waals surface area (Å²) in [6.07, 6.45) is 4.90. The van der Waals surface area contributed by atoms with Crippen LogP contribution in [0.4, 0.5) is 0 Å². The molecule has 0 bridgehead atoms.